The molecule has 0 saturated carbocycles. The Bertz CT molecular complexity index is 941. The van der Waals surface area contributed by atoms with Crippen LogP contribution in [0.3, 0.4) is 0 Å². The van der Waals surface area contributed by atoms with Crippen molar-refractivity contribution in [2.24, 2.45) is 5.92 Å². The molecule has 1 heterocycles. The van der Waals surface area contributed by atoms with Crippen molar-refractivity contribution in [3.8, 4) is 5.75 Å². The van der Waals surface area contributed by atoms with Crippen molar-refractivity contribution in [2.45, 2.75) is 11.3 Å². The Hall–Kier alpha value is -2.29. The number of nitrogens with one attached hydrogen (secondary N) is 1. The van der Waals surface area contributed by atoms with Crippen LogP contribution < -0.4 is 9.46 Å². The molecule has 0 aliphatic carbocycles. The smallest absolute Gasteiger partial charge is 0.335 e. The number of carboxylic acid groups (broad SMARTS) is 1. The van der Waals surface area contributed by atoms with Crippen LogP contribution >= 0.6 is 11.6 Å². The van der Waals surface area contributed by atoms with E-state index in [1.165, 1.54) is 36.4 Å². The van der Waals surface area contributed by atoms with Crippen LogP contribution in [-0.4, -0.2) is 39.3 Å². The Morgan fingerprint density at radius 1 is 1.30 bits per heavy atom. The molecule has 0 bridgehead atoms. The van der Waals surface area contributed by atoms with E-state index < -0.39 is 16.0 Å². The van der Waals surface area contributed by atoms with Crippen LogP contribution in [0.2, 0.25) is 5.02 Å². The van der Waals surface area contributed by atoms with Gasteiger partial charge in [-0.05, 0) is 42.8 Å². The van der Waals surface area contributed by atoms with Gasteiger partial charge in [0.2, 0.25) is 0 Å². The molecule has 0 unspecified atom stereocenters. The van der Waals surface area contributed by atoms with E-state index in [1.54, 1.807) is 6.07 Å². The Labute approximate surface area is 161 Å². The van der Waals surface area contributed by atoms with Gasteiger partial charge in [-0.2, -0.15) is 0 Å². The van der Waals surface area contributed by atoms with E-state index in [2.05, 4.69) is 4.72 Å². The van der Waals surface area contributed by atoms with Gasteiger partial charge >= 0.3 is 5.97 Å². The van der Waals surface area contributed by atoms with Gasteiger partial charge in [0.05, 0.1) is 18.8 Å². The molecular formula is C18H18ClNO6S. The zero-order valence-corrected chi connectivity index (χ0v) is 15.8. The number of halogens is 1. The topological polar surface area (TPSA) is 102 Å². The summed E-state index contributed by atoms with van der Waals surface area (Å²) < 4.78 is 39.0. The van der Waals surface area contributed by atoms with Gasteiger partial charge in [0.25, 0.3) is 10.0 Å². The van der Waals surface area contributed by atoms with Gasteiger partial charge in [0, 0.05) is 23.2 Å². The van der Waals surface area contributed by atoms with E-state index in [0.29, 0.717) is 19.8 Å². The number of sulfonamides is 1. The first-order chi connectivity index (χ1) is 12.8. The fourth-order valence-corrected chi connectivity index (χ4v) is 4.12. The average Bonchev–Trinajstić information content (AvgIpc) is 3.14. The molecule has 1 aliphatic heterocycles. The third kappa shape index (κ3) is 4.91. The van der Waals surface area contributed by atoms with Crippen LogP contribution in [-0.2, 0) is 14.8 Å². The van der Waals surface area contributed by atoms with E-state index in [1.807, 2.05) is 0 Å². The number of ether oxygens (including phenoxy) is 2. The summed E-state index contributed by atoms with van der Waals surface area (Å²) in [7, 11) is -4.04. The molecule has 1 atom stereocenters. The van der Waals surface area contributed by atoms with E-state index in [4.69, 9.17) is 26.2 Å². The number of rotatable bonds is 7. The molecule has 0 aromatic heterocycles. The van der Waals surface area contributed by atoms with Crippen molar-refractivity contribution in [1.29, 1.82) is 0 Å². The summed E-state index contributed by atoms with van der Waals surface area (Å²) in [6.45, 7) is 1.58. The lowest BCUT2D eigenvalue weighted by atomic mass is 10.1. The van der Waals surface area contributed by atoms with Crippen molar-refractivity contribution in [2.75, 3.05) is 24.5 Å². The molecule has 27 heavy (non-hydrogen) atoms. The first-order valence-electron chi connectivity index (χ1n) is 8.21. The first-order valence-corrected chi connectivity index (χ1v) is 10.1. The number of anilines is 1. The Balaban J connectivity index is 1.85. The maximum absolute atomic E-state index is 12.8. The average molecular weight is 412 g/mol. The highest BCUT2D eigenvalue weighted by Crippen LogP contribution is 2.30. The summed E-state index contributed by atoms with van der Waals surface area (Å²) in [6, 6.07) is 9.87. The number of aromatic carboxylic acids is 1. The van der Waals surface area contributed by atoms with Crippen molar-refractivity contribution < 1.29 is 27.8 Å². The zero-order valence-electron chi connectivity index (χ0n) is 14.2. The van der Waals surface area contributed by atoms with Crippen molar-refractivity contribution in [3.05, 3.63) is 53.1 Å². The van der Waals surface area contributed by atoms with Gasteiger partial charge in [0.1, 0.15) is 10.6 Å². The molecule has 2 aromatic carbocycles. The molecule has 7 nitrogen and oxygen atoms in total. The number of benzene rings is 2. The quantitative estimate of drug-likeness (QED) is 0.725. The van der Waals surface area contributed by atoms with E-state index in [9.17, 15) is 13.2 Å². The molecule has 2 aromatic rings. The Kier molecular flexibility index (Phi) is 5.88. The summed E-state index contributed by atoms with van der Waals surface area (Å²) >= 11 is 5.97. The molecule has 1 saturated heterocycles. The third-order valence-electron chi connectivity index (χ3n) is 4.06. The SMILES string of the molecule is O=C(O)c1cccc(NS(=O)(=O)c2cc(Cl)ccc2OC[C@H]2CCOC2)c1. The lowest BCUT2D eigenvalue weighted by molar-refractivity contribution is 0.0697. The molecule has 1 aliphatic rings. The zero-order chi connectivity index (χ0) is 19.4. The molecule has 3 rings (SSSR count). The Morgan fingerprint density at radius 3 is 2.81 bits per heavy atom. The normalized spacial score (nSPS) is 16.9. The van der Waals surface area contributed by atoms with Gasteiger partial charge in [-0.3, -0.25) is 4.72 Å². The monoisotopic (exact) mass is 411 g/mol. The second-order valence-electron chi connectivity index (χ2n) is 6.12. The van der Waals surface area contributed by atoms with Crippen molar-refractivity contribution in [1.82, 2.24) is 0 Å². The van der Waals surface area contributed by atoms with Gasteiger partial charge in [-0.15, -0.1) is 0 Å². The predicted molar refractivity (Wildman–Crippen MR) is 100 cm³/mol. The molecule has 9 heteroatoms. The van der Waals surface area contributed by atoms with E-state index >= 15 is 0 Å². The minimum Gasteiger partial charge on any atom is -0.492 e. The highest BCUT2D eigenvalue weighted by molar-refractivity contribution is 7.92. The highest BCUT2D eigenvalue weighted by Gasteiger charge is 2.23. The molecule has 1 fully saturated rings. The van der Waals surface area contributed by atoms with Crippen LogP contribution in [0.25, 0.3) is 0 Å². The third-order valence-corrected chi connectivity index (χ3v) is 5.69. The minimum atomic E-state index is -4.04. The van der Waals surface area contributed by atoms with Crippen LogP contribution in [0.1, 0.15) is 16.8 Å². The fraction of sp³-hybridized carbons (Fsp3) is 0.278. The van der Waals surface area contributed by atoms with Crippen LogP contribution in [0.5, 0.6) is 5.75 Å². The minimum absolute atomic E-state index is 0.0287. The predicted octanol–water partition coefficient (Wildman–Crippen LogP) is 3.25. The maximum atomic E-state index is 12.8. The van der Waals surface area contributed by atoms with Crippen LogP contribution in [0.15, 0.2) is 47.4 Å². The summed E-state index contributed by atoms with van der Waals surface area (Å²) in [5, 5.41) is 9.30. The molecule has 0 radical (unpaired) electrons. The molecule has 144 valence electrons. The molecular weight excluding hydrogens is 394 g/mol. The van der Waals surface area contributed by atoms with Gasteiger partial charge < -0.3 is 14.6 Å². The molecule has 0 amide bonds. The van der Waals surface area contributed by atoms with Crippen molar-refractivity contribution in [3.63, 3.8) is 0 Å². The largest absolute Gasteiger partial charge is 0.492 e. The first kappa shape index (κ1) is 19.5. The fourth-order valence-electron chi connectivity index (χ4n) is 2.66. The lowest BCUT2D eigenvalue weighted by Gasteiger charge is -2.15. The van der Waals surface area contributed by atoms with Crippen LogP contribution in [0.4, 0.5) is 5.69 Å². The molecule has 2 N–H and O–H groups in total. The summed E-state index contributed by atoms with van der Waals surface area (Å²) in [5.41, 5.74) is 0.101. The molecule has 0 spiro atoms. The number of hydrogen-bond acceptors (Lipinski definition) is 5. The van der Waals surface area contributed by atoms with E-state index in [-0.39, 0.29) is 32.8 Å². The number of carbonyl (C=O) groups is 1. The second-order valence-corrected chi connectivity index (χ2v) is 8.21. The number of carboxylic acids is 1. The Morgan fingerprint density at radius 2 is 2.11 bits per heavy atom. The summed E-state index contributed by atoms with van der Waals surface area (Å²) in [4.78, 5) is 11.0. The summed E-state index contributed by atoms with van der Waals surface area (Å²) in [6.07, 6.45) is 0.857. The van der Waals surface area contributed by atoms with Gasteiger partial charge in [-0.25, -0.2) is 13.2 Å². The number of hydrogen-bond donors (Lipinski definition) is 2. The highest BCUT2D eigenvalue weighted by atomic mass is 35.5. The van der Waals surface area contributed by atoms with E-state index in [0.717, 1.165) is 6.42 Å². The van der Waals surface area contributed by atoms with Crippen LogP contribution in [0, 0.1) is 5.92 Å². The maximum Gasteiger partial charge on any atom is 0.335 e. The second kappa shape index (κ2) is 8.16. The van der Waals surface area contributed by atoms with Crippen molar-refractivity contribution >= 4 is 33.3 Å². The standard InChI is InChI=1S/C18H18ClNO6S/c19-14-4-5-16(26-11-12-6-7-25-10-12)17(9-14)27(23,24)20-15-3-1-2-13(8-15)18(21)22/h1-5,8-9,12,20H,6-7,10-11H2,(H,21,22)/t12-/m0/s1. The lowest BCUT2D eigenvalue weighted by Crippen LogP contribution is -2.17. The summed E-state index contributed by atoms with van der Waals surface area (Å²) in [5.74, 6) is -0.772. The van der Waals surface area contributed by atoms with Gasteiger partial charge in [-0.1, -0.05) is 17.7 Å². The van der Waals surface area contributed by atoms with Gasteiger partial charge in [0.15, 0.2) is 0 Å².